The number of hydrogen-bond donors (Lipinski definition) is 6. The first-order valence-corrected chi connectivity index (χ1v) is 6.80. The predicted octanol–water partition coefficient (Wildman–Crippen LogP) is -4.12. The molecule has 0 aliphatic heterocycles. The van der Waals surface area contributed by atoms with Crippen molar-refractivity contribution >= 4 is 45.2 Å². The second kappa shape index (κ2) is 17.1. The number of hydrogen-bond acceptors (Lipinski definition) is 6. The van der Waals surface area contributed by atoms with Gasteiger partial charge in [-0.05, 0) is 0 Å². The second-order valence-corrected chi connectivity index (χ2v) is 4.57. The van der Waals surface area contributed by atoms with Crippen molar-refractivity contribution < 1.29 is 58.9 Å². The number of rotatable bonds is 6. The summed E-state index contributed by atoms with van der Waals surface area (Å²) in [5, 5.41) is 15.2. The van der Waals surface area contributed by atoms with Crippen LogP contribution in [0.25, 0.3) is 0 Å². The van der Waals surface area contributed by atoms with Crippen molar-refractivity contribution in [1.29, 1.82) is 0 Å². The summed E-state index contributed by atoms with van der Waals surface area (Å²) >= 11 is 0. The molecule has 0 aliphatic rings. The summed E-state index contributed by atoms with van der Waals surface area (Å²) in [6.07, 6.45) is 0. The fourth-order valence-corrected chi connectivity index (χ4v) is 0.937. The van der Waals surface area contributed by atoms with Crippen LogP contribution in [0.1, 0.15) is 0 Å². The van der Waals surface area contributed by atoms with E-state index in [1.54, 1.807) is 0 Å². The van der Waals surface area contributed by atoms with Crippen molar-refractivity contribution in [2.45, 2.75) is 0 Å². The zero-order valence-corrected chi connectivity index (χ0v) is 10.8. The van der Waals surface area contributed by atoms with Gasteiger partial charge in [-0.25, -0.2) is 9.13 Å². The van der Waals surface area contributed by atoms with Crippen molar-refractivity contribution in [1.82, 2.24) is 0 Å². The first kappa shape index (κ1) is 32.1. The summed E-state index contributed by atoms with van der Waals surface area (Å²) in [6, 6.07) is 0. The van der Waals surface area contributed by atoms with Gasteiger partial charge in [0.15, 0.2) is 0 Å². The molecule has 0 unspecified atom stereocenters. The number of phosphoric ester groups is 2. The molecule has 0 aromatic heterocycles. The normalized spacial score (nSPS) is 10.0. The van der Waals surface area contributed by atoms with Crippen LogP contribution < -0.4 is 0 Å². The van der Waals surface area contributed by atoms with Crippen molar-refractivity contribution in [3.63, 3.8) is 0 Å². The van der Waals surface area contributed by atoms with E-state index in [1.807, 2.05) is 0 Å². The Balaban J connectivity index is -0.0000000827. The van der Waals surface area contributed by atoms with Gasteiger partial charge in [0.25, 0.3) is 0 Å². The molecule has 0 radical (unpaired) electrons. The summed E-state index contributed by atoms with van der Waals surface area (Å²) in [7, 11) is -9.16. The molecule has 0 rings (SSSR count). The molecule has 0 fully saturated rings. The van der Waals surface area contributed by atoms with Crippen LogP contribution in [-0.4, -0.2) is 96.7 Å². The monoisotopic (exact) mass is 344 g/mol. The summed E-state index contributed by atoms with van der Waals surface area (Å²) in [5.41, 5.74) is 0. The van der Waals surface area contributed by atoms with Gasteiger partial charge < -0.3 is 40.7 Å². The molecule has 0 atom stereocenters. The van der Waals surface area contributed by atoms with E-state index in [4.69, 9.17) is 29.8 Å². The molecule has 15 heteroatoms. The Labute approximate surface area is 130 Å². The molecule has 0 saturated carbocycles. The summed E-state index contributed by atoms with van der Waals surface area (Å²) in [4.78, 5) is 32.3. The molecule has 0 saturated heterocycles. The van der Waals surface area contributed by atoms with Crippen LogP contribution >= 0.6 is 15.6 Å². The second-order valence-electron chi connectivity index (χ2n) is 2.09. The molecule has 0 aromatic carbocycles. The standard InChI is InChI=1S/C2H8O8P2.C2H6O2.Na.2H2O.H/c3-11(4,5)9-1-2-10-12(6,7)8;3-1-2-4;;;;/h1-2H2,(H2,3,4,5)(H2,6,7,8);3-4H,1-2H2;;2*1H2;. The van der Waals surface area contributed by atoms with E-state index >= 15 is 0 Å². The van der Waals surface area contributed by atoms with Crippen LogP contribution in [0, 0.1) is 0 Å². The fraction of sp³-hybridized carbons (Fsp3) is 1.00. The van der Waals surface area contributed by atoms with Crippen LogP contribution in [0.5, 0.6) is 0 Å². The molecule has 12 nitrogen and oxygen atoms in total. The van der Waals surface area contributed by atoms with E-state index < -0.39 is 28.9 Å². The molecule has 0 heterocycles. The Kier molecular flexibility index (Phi) is 28.9. The van der Waals surface area contributed by atoms with Gasteiger partial charge >= 0.3 is 45.2 Å². The Morgan fingerprint density at radius 1 is 0.737 bits per heavy atom. The molecule has 19 heavy (non-hydrogen) atoms. The van der Waals surface area contributed by atoms with Crippen LogP contribution in [0.2, 0.25) is 0 Å². The van der Waals surface area contributed by atoms with Gasteiger partial charge in [-0.1, -0.05) is 0 Å². The topological polar surface area (TPSA) is 237 Å². The molecule has 0 bridgehead atoms. The van der Waals surface area contributed by atoms with E-state index in [-0.39, 0.29) is 53.7 Å². The van der Waals surface area contributed by atoms with Gasteiger partial charge in [-0.15, -0.1) is 0 Å². The van der Waals surface area contributed by atoms with Crippen LogP contribution in [-0.2, 0) is 18.2 Å². The third-order valence-electron chi connectivity index (χ3n) is 0.702. The first-order chi connectivity index (χ1) is 7.12. The Morgan fingerprint density at radius 3 is 1.05 bits per heavy atom. The van der Waals surface area contributed by atoms with Crippen molar-refractivity contribution in [3.05, 3.63) is 0 Å². The van der Waals surface area contributed by atoms with Gasteiger partial charge in [0.2, 0.25) is 0 Å². The third kappa shape index (κ3) is 45.3. The number of phosphoric acid groups is 2. The van der Waals surface area contributed by atoms with Crippen molar-refractivity contribution in [3.8, 4) is 0 Å². The molecule has 10 N–H and O–H groups in total. The van der Waals surface area contributed by atoms with Gasteiger partial charge in [0.05, 0.1) is 26.4 Å². The van der Waals surface area contributed by atoms with Crippen molar-refractivity contribution in [2.75, 3.05) is 26.4 Å². The van der Waals surface area contributed by atoms with Crippen molar-refractivity contribution in [2.24, 2.45) is 0 Å². The molecular weight excluding hydrogens is 325 g/mol. The van der Waals surface area contributed by atoms with Gasteiger partial charge in [0, 0.05) is 0 Å². The average molecular weight is 344 g/mol. The molecule has 0 aliphatic carbocycles. The minimum absolute atomic E-state index is 0. The molecule has 0 amide bonds. The van der Waals surface area contributed by atoms with Gasteiger partial charge in [-0.2, -0.15) is 0 Å². The maximum atomic E-state index is 9.98. The third-order valence-corrected chi connectivity index (χ3v) is 1.74. The summed E-state index contributed by atoms with van der Waals surface area (Å²) < 4.78 is 27.6. The number of aliphatic hydroxyl groups is 2. The maximum absolute atomic E-state index is 9.98. The first-order valence-electron chi connectivity index (χ1n) is 3.74. The van der Waals surface area contributed by atoms with Gasteiger partial charge in [0.1, 0.15) is 0 Å². The molecular formula is C4H19NaO12P2. The minimum atomic E-state index is -4.58. The molecule has 0 spiro atoms. The van der Waals surface area contributed by atoms with E-state index in [9.17, 15) is 9.13 Å². The average Bonchev–Trinajstić information content (AvgIpc) is 2.10. The zero-order chi connectivity index (χ0) is 13.2. The quantitative estimate of drug-likeness (QED) is 0.154. The van der Waals surface area contributed by atoms with Crippen LogP contribution in [0.3, 0.4) is 0 Å². The Morgan fingerprint density at radius 2 is 0.947 bits per heavy atom. The van der Waals surface area contributed by atoms with E-state index in [0.29, 0.717) is 0 Å². The Hall–Kier alpha value is 1.06. The Bertz CT molecular complexity index is 222. The van der Waals surface area contributed by atoms with E-state index in [0.717, 1.165) is 0 Å². The molecule has 118 valence electrons. The summed E-state index contributed by atoms with van der Waals surface area (Å²) in [6.45, 7) is -1.43. The van der Waals surface area contributed by atoms with Gasteiger partial charge in [-0.3, -0.25) is 9.05 Å². The number of aliphatic hydroxyl groups excluding tert-OH is 2. The fourth-order valence-electron chi connectivity index (χ4n) is 0.312. The zero-order valence-electron chi connectivity index (χ0n) is 9.04. The SMILES string of the molecule is O.O.O=P(O)(O)OCCOP(=O)(O)O.OCCO.[NaH]. The van der Waals surface area contributed by atoms with Crippen LogP contribution in [0.4, 0.5) is 0 Å². The summed E-state index contributed by atoms with van der Waals surface area (Å²) in [5.74, 6) is 0. The van der Waals surface area contributed by atoms with E-state index in [1.165, 1.54) is 0 Å². The molecule has 0 aromatic rings. The van der Waals surface area contributed by atoms with Crippen LogP contribution in [0.15, 0.2) is 0 Å². The van der Waals surface area contributed by atoms with E-state index in [2.05, 4.69) is 9.05 Å². The predicted molar refractivity (Wildman–Crippen MR) is 64.5 cm³/mol.